The largest absolute Gasteiger partial charge is 0.482 e. The van der Waals surface area contributed by atoms with Crippen LogP contribution in [0.15, 0.2) is 48.5 Å². The molecule has 2 aromatic rings. The van der Waals surface area contributed by atoms with Crippen molar-refractivity contribution in [3.63, 3.8) is 0 Å². The summed E-state index contributed by atoms with van der Waals surface area (Å²) in [6.45, 7) is 0.990. The molecular formula is C20H18N2O5. The lowest BCUT2D eigenvalue weighted by molar-refractivity contribution is -0.144. The van der Waals surface area contributed by atoms with Crippen molar-refractivity contribution in [3.8, 4) is 11.8 Å². The topological polar surface area (TPSA) is 105 Å². The molecule has 0 spiro atoms. The summed E-state index contributed by atoms with van der Waals surface area (Å²) in [5, 5.41) is 11.4. The van der Waals surface area contributed by atoms with Gasteiger partial charge in [-0.2, -0.15) is 5.26 Å². The van der Waals surface area contributed by atoms with Crippen LogP contribution in [0, 0.1) is 11.3 Å². The molecule has 27 heavy (non-hydrogen) atoms. The first-order valence-electron chi connectivity index (χ1n) is 8.23. The Balaban J connectivity index is 1.77. The molecule has 7 heteroatoms. The first-order chi connectivity index (χ1) is 13.0. The minimum Gasteiger partial charge on any atom is -0.482 e. The molecule has 0 aliphatic carbocycles. The van der Waals surface area contributed by atoms with Gasteiger partial charge in [0.2, 0.25) is 5.91 Å². The molecule has 0 aliphatic heterocycles. The third-order valence-corrected chi connectivity index (χ3v) is 3.52. The molecule has 2 rings (SSSR count). The zero-order valence-corrected chi connectivity index (χ0v) is 14.7. The van der Waals surface area contributed by atoms with Gasteiger partial charge in [0, 0.05) is 17.7 Å². The fourth-order valence-electron chi connectivity index (χ4n) is 2.03. The van der Waals surface area contributed by atoms with E-state index in [0.29, 0.717) is 29.0 Å². The number of ketones is 1. The highest BCUT2D eigenvalue weighted by Gasteiger charge is 2.11. The number of carbonyl (C=O) groups excluding carboxylic acids is 3. The Morgan fingerprint density at radius 3 is 2.26 bits per heavy atom. The van der Waals surface area contributed by atoms with Crippen LogP contribution in [-0.4, -0.2) is 30.9 Å². The standard InChI is InChI=1S/C20H18N2O5/c1-2-19(24)22-16-7-5-15(6-8-16)18(23)12-27-20(25)13-26-17-9-3-14(11-21)4-10-17/h3-10H,2,12-13H2,1H3,(H,22,24). The number of Topliss-reactive ketones (excluding diaryl/α,β-unsaturated/α-hetero) is 1. The highest BCUT2D eigenvalue weighted by molar-refractivity contribution is 5.98. The summed E-state index contributed by atoms with van der Waals surface area (Å²) in [6.07, 6.45) is 0.362. The Morgan fingerprint density at radius 2 is 1.67 bits per heavy atom. The molecule has 0 aromatic heterocycles. The van der Waals surface area contributed by atoms with E-state index in [4.69, 9.17) is 14.7 Å². The number of nitriles is 1. The zero-order chi connectivity index (χ0) is 19.6. The van der Waals surface area contributed by atoms with Crippen LogP contribution >= 0.6 is 0 Å². The van der Waals surface area contributed by atoms with Gasteiger partial charge >= 0.3 is 5.97 Å². The van der Waals surface area contributed by atoms with Crippen molar-refractivity contribution in [2.75, 3.05) is 18.5 Å². The normalized spacial score (nSPS) is 9.78. The smallest absolute Gasteiger partial charge is 0.344 e. The number of ether oxygens (including phenoxy) is 2. The van der Waals surface area contributed by atoms with E-state index in [2.05, 4.69) is 5.32 Å². The van der Waals surface area contributed by atoms with Crippen molar-refractivity contribution in [2.24, 2.45) is 0 Å². The second-order valence-electron chi connectivity index (χ2n) is 5.49. The van der Waals surface area contributed by atoms with Crippen LogP contribution in [0.2, 0.25) is 0 Å². The summed E-state index contributed by atoms with van der Waals surface area (Å²) < 4.78 is 10.1. The van der Waals surface area contributed by atoms with E-state index < -0.39 is 12.6 Å². The van der Waals surface area contributed by atoms with Gasteiger partial charge in [0.15, 0.2) is 19.0 Å². The quantitative estimate of drug-likeness (QED) is 0.569. The highest BCUT2D eigenvalue weighted by Crippen LogP contribution is 2.12. The number of esters is 1. The van der Waals surface area contributed by atoms with Crippen LogP contribution in [-0.2, 0) is 14.3 Å². The first-order valence-corrected chi connectivity index (χ1v) is 8.23. The maximum Gasteiger partial charge on any atom is 0.344 e. The SMILES string of the molecule is CCC(=O)Nc1ccc(C(=O)COC(=O)COc2ccc(C#N)cc2)cc1. The lowest BCUT2D eigenvalue weighted by atomic mass is 10.1. The minimum atomic E-state index is -0.681. The summed E-state index contributed by atoms with van der Waals surface area (Å²) >= 11 is 0. The van der Waals surface area contributed by atoms with Gasteiger partial charge in [0.1, 0.15) is 5.75 Å². The van der Waals surface area contributed by atoms with Gasteiger partial charge in [-0.1, -0.05) is 6.92 Å². The van der Waals surface area contributed by atoms with Gasteiger partial charge in [-0.25, -0.2) is 4.79 Å². The Bertz CT molecular complexity index is 851. The number of nitrogens with one attached hydrogen (secondary N) is 1. The zero-order valence-electron chi connectivity index (χ0n) is 14.7. The number of benzene rings is 2. The number of carbonyl (C=O) groups is 3. The number of hydrogen-bond acceptors (Lipinski definition) is 6. The van der Waals surface area contributed by atoms with Crippen LogP contribution in [0.3, 0.4) is 0 Å². The molecule has 138 valence electrons. The Hall–Kier alpha value is -3.66. The molecule has 1 N–H and O–H groups in total. The molecule has 7 nitrogen and oxygen atoms in total. The van der Waals surface area contributed by atoms with Crippen LogP contribution in [0.1, 0.15) is 29.3 Å². The Morgan fingerprint density at radius 1 is 1.00 bits per heavy atom. The van der Waals surface area contributed by atoms with E-state index in [-0.39, 0.29) is 18.3 Å². The van der Waals surface area contributed by atoms with Gasteiger partial charge in [0.05, 0.1) is 11.6 Å². The third kappa shape index (κ3) is 6.29. The van der Waals surface area contributed by atoms with Crippen molar-refractivity contribution in [2.45, 2.75) is 13.3 Å². The van der Waals surface area contributed by atoms with Crippen molar-refractivity contribution >= 4 is 23.3 Å². The van der Waals surface area contributed by atoms with Gasteiger partial charge in [-0.15, -0.1) is 0 Å². The van der Waals surface area contributed by atoms with Crippen molar-refractivity contribution in [1.29, 1.82) is 5.26 Å². The molecule has 2 aromatic carbocycles. The van der Waals surface area contributed by atoms with E-state index in [9.17, 15) is 14.4 Å². The summed E-state index contributed by atoms with van der Waals surface area (Å²) in [5.74, 6) is -0.748. The van der Waals surface area contributed by atoms with E-state index in [1.807, 2.05) is 6.07 Å². The van der Waals surface area contributed by atoms with Crippen molar-refractivity contribution in [3.05, 3.63) is 59.7 Å². The van der Waals surface area contributed by atoms with E-state index >= 15 is 0 Å². The Kier molecular flexibility index (Phi) is 7.08. The predicted molar refractivity (Wildman–Crippen MR) is 97.3 cm³/mol. The molecule has 0 saturated heterocycles. The van der Waals surface area contributed by atoms with Gasteiger partial charge < -0.3 is 14.8 Å². The fraction of sp³-hybridized carbons (Fsp3) is 0.200. The number of rotatable bonds is 8. The molecule has 0 bridgehead atoms. The second kappa shape index (κ2) is 9.73. The summed E-state index contributed by atoms with van der Waals surface area (Å²) in [4.78, 5) is 35.0. The fourth-order valence-corrected chi connectivity index (χ4v) is 2.03. The average Bonchev–Trinajstić information content (AvgIpc) is 2.71. The van der Waals surface area contributed by atoms with Crippen LogP contribution < -0.4 is 10.1 Å². The lowest BCUT2D eigenvalue weighted by Gasteiger charge is -2.07. The average molecular weight is 366 g/mol. The monoisotopic (exact) mass is 366 g/mol. The van der Waals surface area contributed by atoms with E-state index in [1.54, 1.807) is 55.5 Å². The molecule has 0 atom stereocenters. The molecule has 0 unspecified atom stereocenters. The number of amides is 1. The van der Waals surface area contributed by atoms with Crippen molar-refractivity contribution in [1.82, 2.24) is 0 Å². The minimum absolute atomic E-state index is 0.120. The molecule has 0 saturated carbocycles. The molecule has 0 fully saturated rings. The number of hydrogen-bond donors (Lipinski definition) is 1. The van der Waals surface area contributed by atoms with Gasteiger partial charge in [-0.05, 0) is 48.5 Å². The summed E-state index contributed by atoms with van der Waals surface area (Å²) in [5.41, 5.74) is 1.44. The Labute approximate surface area is 156 Å². The molecular weight excluding hydrogens is 348 g/mol. The molecule has 1 amide bonds. The first kappa shape index (κ1) is 19.7. The molecule has 0 radical (unpaired) electrons. The summed E-state index contributed by atoms with van der Waals surface area (Å²) in [7, 11) is 0. The van der Waals surface area contributed by atoms with Crippen LogP contribution in [0.25, 0.3) is 0 Å². The second-order valence-corrected chi connectivity index (χ2v) is 5.49. The van der Waals surface area contributed by atoms with E-state index in [1.165, 1.54) is 0 Å². The predicted octanol–water partition coefficient (Wildman–Crippen LogP) is 2.71. The lowest BCUT2D eigenvalue weighted by Crippen LogP contribution is -2.19. The molecule has 0 heterocycles. The van der Waals surface area contributed by atoms with E-state index in [0.717, 1.165) is 0 Å². The highest BCUT2D eigenvalue weighted by atomic mass is 16.6. The maximum atomic E-state index is 12.0. The summed E-state index contributed by atoms with van der Waals surface area (Å²) in [6, 6.07) is 14.6. The molecule has 0 aliphatic rings. The number of anilines is 1. The van der Waals surface area contributed by atoms with Crippen LogP contribution in [0.4, 0.5) is 5.69 Å². The maximum absolute atomic E-state index is 12.0. The van der Waals surface area contributed by atoms with Crippen LogP contribution in [0.5, 0.6) is 5.75 Å². The van der Waals surface area contributed by atoms with Gasteiger partial charge in [0.25, 0.3) is 0 Å². The third-order valence-electron chi connectivity index (χ3n) is 3.52. The number of nitrogens with zero attached hydrogens (tertiary/aromatic N) is 1. The van der Waals surface area contributed by atoms with Gasteiger partial charge in [-0.3, -0.25) is 9.59 Å². The van der Waals surface area contributed by atoms with Crippen molar-refractivity contribution < 1.29 is 23.9 Å².